The predicted molar refractivity (Wildman–Crippen MR) is 50.1 cm³/mol. The van der Waals surface area contributed by atoms with Gasteiger partial charge < -0.3 is 5.32 Å². The molecule has 1 atom stereocenters. The summed E-state index contributed by atoms with van der Waals surface area (Å²) in [6, 6.07) is 0.203. The van der Waals surface area contributed by atoms with Gasteiger partial charge in [-0.3, -0.25) is 0 Å². The van der Waals surface area contributed by atoms with Crippen molar-refractivity contribution in [3.63, 3.8) is 0 Å². The van der Waals surface area contributed by atoms with Crippen molar-refractivity contribution in [2.45, 2.75) is 33.4 Å². The summed E-state index contributed by atoms with van der Waals surface area (Å²) in [5.41, 5.74) is 0. The quantitative estimate of drug-likeness (QED) is 0.743. The van der Waals surface area contributed by atoms with Crippen molar-refractivity contribution in [1.29, 1.82) is 0 Å². The molecule has 5 heteroatoms. The highest BCUT2D eigenvalue weighted by atomic mass is 15.5. The van der Waals surface area contributed by atoms with Crippen LogP contribution in [0, 0.1) is 5.92 Å². The van der Waals surface area contributed by atoms with Gasteiger partial charge in [-0.2, -0.15) is 0 Å². The lowest BCUT2D eigenvalue weighted by molar-refractivity contribution is 0.438. The molecule has 1 heterocycles. The molecule has 5 nitrogen and oxygen atoms in total. The van der Waals surface area contributed by atoms with Gasteiger partial charge in [-0.15, -0.1) is 5.10 Å². The van der Waals surface area contributed by atoms with E-state index in [1.165, 1.54) is 0 Å². The van der Waals surface area contributed by atoms with Gasteiger partial charge in [0.05, 0.1) is 6.04 Å². The number of tetrazole rings is 1. The van der Waals surface area contributed by atoms with Crippen LogP contribution in [0.5, 0.6) is 0 Å². The molecule has 0 fully saturated rings. The van der Waals surface area contributed by atoms with Crippen molar-refractivity contribution >= 4 is 0 Å². The number of rotatable bonds is 4. The molecule has 0 aromatic carbocycles. The second kappa shape index (κ2) is 4.32. The molecule has 1 aromatic heterocycles. The lowest BCUT2D eigenvalue weighted by Gasteiger charge is -2.11. The minimum atomic E-state index is 0.203. The normalized spacial score (nSPS) is 13.6. The number of hydrogen-bond donors (Lipinski definition) is 1. The number of aromatic nitrogens is 4. The first-order chi connectivity index (χ1) is 6.15. The van der Waals surface area contributed by atoms with Crippen LogP contribution >= 0.6 is 0 Å². The first-order valence-corrected chi connectivity index (χ1v) is 4.58. The molecule has 0 radical (unpaired) electrons. The van der Waals surface area contributed by atoms with Gasteiger partial charge >= 0.3 is 0 Å². The van der Waals surface area contributed by atoms with E-state index >= 15 is 0 Å². The van der Waals surface area contributed by atoms with Crippen LogP contribution in [0.1, 0.15) is 32.6 Å². The Balaban J connectivity index is 2.76. The molecule has 1 aromatic rings. The molecule has 0 bridgehead atoms. The fraction of sp³-hybridized carbons (Fsp3) is 0.875. The van der Waals surface area contributed by atoms with Gasteiger partial charge in [-0.1, -0.05) is 13.8 Å². The summed E-state index contributed by atoms with van der Waals surface area (Å²) in [7, 11) is 1.90. The van der Waals surface area contributed by atoms with Crippen LogP contribution in [0.4, 0.5) is 0 Å². The molecular formula is C8H17N5. The van der Waals surface area contributed by atoms with Crippen LogP contribution in [-0.2, 0) is 6.54 Å². The number of nitrogens with zero attached hydrogens (tertiary/aromatic N) is 4. The van der Waals surface area contributed by atoms with Crippen LogP contribution in [0.15, 0.2) is 0 Å². The maximum absolute atomic E-state index is 3.98. The topological polar surface area (TPSA) is 55.6 Å². The van der Waals surface area contributed by atoms with Gasteiger partial charge in [-0.05, 0) is 30.3 Å². The Labute approximate surface area is 78.5 Å². The van der Waals surface area contributed by atoms with E-state index in [4.69, 9.17) is 0 Å². The lowest BCUT2D eigenvalue weighted by atomic mass is 10.2. The first kappa shape index (κ1) is 10.1. The van der Waals surface area contributed by atoms with Gasteiger partial charge in [0.1, 0.15) is 0 Å². The second-order valence-corrected chi connectivity index (χ2v) is 3.62. The van der Waals surface area contributed by atoms with Crippen LogP contribution in [0.25, 0.3) is 0 Å². The molecule has 0 saturated carbocycles. The summed E-state index contributed by atoms with van der Waals surface area (Å²) in [6.07, 6.45) is 0. The third-order valence-electron chi connectivity index (χ3n) is 1.92. The molecule has 0 spiro atoms. The Hall–Kier alpha value is -0.970. The largest absolute Gasteiger partial charge is 0.311 e. The molecular weight excluding hydrogens is 166 g/mol. The van der Waals surface area contributed by atoms with Crippen LogP contribution < -0.4 is 5.32 Å². The smallest absolute Gasteiger partial charge is 0.167 e. The van der Waals surface area contributed by atoms with E-state index in [-0.39, 0.29) is 6.04 Å². The van der Waals surface area contributed by atoms with E-state index in [0.29, 0.717) is 5.92 Å². The molecule has 1 unspecified atom stereocenters. The van der Waals surface area contributed by atoms with Crippen molar-refractivity contribution in [2.75, 3.05) is 7.05 Å². The van der Waals surface area contributed by atoms with Crippen LogP contribution in [0.2, 0.25) is 0 Å². The maximum atomic E-state index is 3.98. The summed E-state index contributed by atoms with van der Waals surface area (Å²) in [5.74, 6) is 1.46. The van der Waals surface area contributed by atoms with Crippen molar-refractivity contribution in [2.24, 2.45) is 5.92 Å². The Morgan fingerprint density at radius 1 is 1.38 bits per heavy atom. The molecule has 0 saturated heterocycles. The molecule has 0 aliphatic heterocycles. The third-order valence-corrected chi connectivity index (χ3v) is 1.92. The average molecular weight is 183 g/mol. The van der Waals surface area contributed by atoms with E-state index in [0.717, 1.165) is 12.4 Å². The van der Waals surface area contributed by atoms with E-state index in [2.05, 4.69) is 34.7 Å². The van der Waals surface area contributed by atoms with E-state index in [9.17, 15) is 0 Å². The van der Waals surface area contributed by atoms with Crippen molar-refractivity contribution in [1.82, 2.24) is 25.5 Å². The number of nitrogens with one attached hydrogen (secondary N) is 1. The first-order valence-electron chi connectivity index (χ1n) is 4.58. The third kappa shape index (κ3) is 2.48. The van der Waals surface area contributed by atoms with Crippen molar-refractivity contribution < 1.29 is 0 Å². The average Bonchev–Trinajstić information content (AvgIpc) is 2.50. The fourth-order valence-electron chi connectivity index (χ4n) is 1.13. The zero-order valence-corrected chi connectivity index (χ0v) is 8.65. The summed E-state index contributed by atoms with van der Waals surface area (Å²) >= 11 is 0. The van der Waals surface area contributed by atoms with Gasteiger partial charge in [-0.25, -0.2) is 4.68 Å². The SMILES string of the molecule is CNC(C)c1nnnn1CC(C)C. The van der Waals surface area contributed by atoms with Gasteiger partial charge in [0, 0.05) is 6.54 Å². The highest BCUT2D eigenvalue weighted by Gasteiger charge is 2.12. The number of hydrogen-bond acceptors (Lipinski definition) is 4. The van der Waals surface area contributed by atoms with Crippen LogP contribution in [-0.4, -0.2) is 27.3 Å². The predicted octanol–water partition coefficient (Wildman–Crippen LogP) is 0.609. The summed E-state index contributed by atoms with van der Waals surface area (Å²) in [5, 5.41) is 14.7. The minimum absolute atomic E-state index is 0.203. The highest BCUT2D eigenvalue weighted by molar-refractivity contribution is 4.88. The molecule has 1 N–H and O–H groups in total. The van der Waals surface area contributed by atoms with E-state index in [1.807, 2.05) is 18.7 Å². The van der Waals surface area contributed by atoms with E-state index < -0.39 is 0 Å². The molecule has 0 amide bonds. The maximum Gasteiger partial charge on any atom is 0.167 e. The Bertz CT molecular complexity index is 255. The Morgan fingerprint density at radius 2 is 2.08 bits per heavy atom. The Morgan fingerprint density at radius 3 is 2.62 bits per heavy atom. The van der Waals surface area contributed by atoms with Crippen LogP contribution in [0.3, 0.4) is 0 Å². The molecule has 0 aliphatic rings. The zero-order valence-electron chi connectivity index (χ0n) is 8.65. The summed E-state index contributed by atoms with van der Waals surface area (Å²) in [4.78, 5) is 0. The standard InChI is InChI=1S/C8H17N5/c1-6(2)5-13-8(7(3)9-4)10-11-12-13/h6-7,9H,5H2,1-4H3. The summed E-state index contributed by atoms with van der Waals surface area (Å²) in [6.45, 7) is 7.21. The fourth-order valence-corrected chi connectivity index (χ4v) is 1.13. The molecule has 1 rings (SSSR count). The minimum Gasteiger partial charge on any atom is -0.311 e. The molecule has 74 valence electrons. The monoisotopic (exact) mass is 183 g/mol. The molecule has 0 aliphatic carbocycles. The van der Waals surface area contributed by atoms with E-state index in [1.54, 1.807) is 0 Å². The second-order valence-electron chi connectivity index (χ2n) is 3.62. The highest BCUT2D eigenvalue weighted by Crippen LogP contribution is 2.08. The van der Waals surface area contributed by atoms with Crippen molar-refractivity contribution in [3.05, 3.63) is 5.82 Å². The van der Waals surface area contributed by atoms with Crippen molar-refractivity contribution in [3.8, 4) is 0 Å². The lowest BCUT2D eigenvalue weighted by Crippen LogP contribution is -2.20. The van der Waals surface area contributed by atoms with Gasteiger partial charge in [0.2, 0.25) is 0 Å². The van der Waals surface area contributed by atoms with Gasteiger partial charge in [0.25, 0.3) is 0 Å². The van der Waals surface area contributed by atoms with Gasteiger partial charge in [0.15, 0.2) is 5.82 Å². The summed E-state index contributed by atoms with van der Waals surface area (Å²) < 4.78 is 1.85. The molecule has 13 heavy (non-hydrogen) atoms. The zero-order chi connectivity index (χ0) is 9.84. The Kier molecular flexibility index (Phi) is 3.36.